The van der Waals surface area contributed by atoms with E-state index in [4.69, 9.17) is 9.84 Å². The molecule has 0 saturated carbocycles. The van der Waals surface area contributed by atoms with Gasteiger partial charge in [0.25, 0.3) is 0 Å². The molecule has 0 aliphatic heterocycles. The molecular weight excluding hydrogens is 436 g/mol. The fourth-order valence-electron chi connectivity index (χ4n) is 4.90. The average molecular weight is 469 g/mol. The second-order valence-electron chi connectivity index (χ2n) is 10.5. The number of aliphatic hydroxyl groups excluding tert-OH is 1. The molecule has 4 nitrogen and oxygen atoms in total. The maximum absolute atomic E-state index is 11.1. The summed E-state index contributed by atoms with van der Waals surface area (Å²) in [4.78, 5) is 11.1. The highest BCUT2D eigenvalue weighted by Gasteiger charge is 2.39. The molecule has 0 aromatic heterocycles. The van der Waals surface area contributed by atoms with Gasteiger partial charge in [-0.1, -0.05) is 57.7 Å². The first kappa shape index (κ1) is 24.6. The van der Waals surface area contributed by atoms with E-state index < -0.39 is 12.1 Å². The molecule has 1 aliphatic carbocycles. The highest BCUT2D eigenvalue weighted by atomic mass is 16.5. The standard InChI is InChI=1S/C31H32O4/c1-30(2)16-17-31(3,4)28-25(21-11-13-24(35-5)14-12-21)18-23(19-26(28)30)27(32)15-8-20-6-9-22(10-7-20)29(33)34/h6-7,9-14,18-19,27,32H,16-17H2,1-5H3,(H,33,34). The summed E-state index contributed by atoms with van der Waals surface area (Å²) in [7, 11) is 1.66. The number of carboxylic acids is 1. The summed E-state index contributed by atoms with van der Waals surface area (Å²) in [5.74, 6) is 5.77. The van der Waals surface area contributed by atoms with Crippen molar-refractivity contribution in [1.82, 2.24) is 0 Å². The highest BCUT2D eigenvalue weighted by Crippen LogP contribution is 2.50. The molecule has 0 saturated heterocycles. The summed E-state index contributed by atoms with van der Waals surface area (Å²) in [6.07, 6.45) is 1.18. The summed E-state index contributed by atoms with van der Waals surface area (Å²) < 4.78 is 5.36. The minimum Gasteiger partial charge on any atom is -0.497 e. The van der Waals surface area contributed by atoms with Crippen molar-refractivity contribution in [3.63, 3.8) is 0 Å². The molecule has 0 spiro atoms. The first-order chi connectivity index (χ1) is 16.5. The Bertz CT molecular complexity index is 1300. The van der Waals surface area contributed by atoms with Gasteiger partial charge in [-0.25, -0.2) is 4.79 Å². The number of methoxy groups -OCH3 is 1. The van der Waals surface area contributed by atoms with Crippen LogP contribution in [-0.4, -0.2) is 23.3 Å². The lowest BCUT2D eigenvalue weighted by atomic mass is 9.61. The number of ether oxygens (including phenoxy) is 1. The molecule has 180 valence electrons. The number of benzene rings is 3. The number of fused-ring (bicyclic) bond motifs is 1. The lowest BCUT2D eigenvalue weighted by Gasteiger charge is -2.43. The van der Waals surface area contributed by atoms with Crippen LogP contribution in [0.15, 0.2) is 60.7 Å². The second kappa shape index (κ2) is 9.24. The van der Waals surface area contributed by atoms with Crippen LogP contribution in [0.4, 0.5) is 0 Å². The average Bonchev–Trinajstić information content (AvgIpc) is 2.85. The molecular formula is C31H32O4. The Kier molecular flexibility index (Phi) is 6.49. The summed E-state index contributed by atoms with van der Waals surface area (Å²) in [6, 6.07) is 18.6. The van der Waals surface area contributed by atoms with E-state index in [1.165, 1.54) is 23.3 Å². The number of rotatable bonds is 4. The van der Waals surface area contributed by atoms with Crippen molar-refractivity contribution in [2.45, 2.75) is 57.5 Å². The molecule has 2 N–H and O–H groups in total. The van der Waals surface area contributed by atoms with Crippen molar-refractivity contribution in [3.8, 4) is 28.7 Å². The lowest BCUT2D eigenvalue weighted by Crippen LogP contribution is -2.34. The topological polar surface area (TPSA) is 66.8 Å². The van der Waals surface area contributed by atoms with Gasteiger partial charge in [-0.2, -0.15) is 0 Å². The van der Waals surface area contributed by atoms with Gasteiger partial charge < -0.3 is 14.9 Å². The van der Waals surface area contributed by atoms with Crippen molar-refractivity contribution < 1.29 is 19.7 Å². The third kappa shape index (κ3) is 4.97. The highest BCUT2D eigenvalue weighted by molar-refractivity contribution is 5.87. The quantitative estimate of drug-likeness (QED) is 0.429. The minimum absolute atomic E-state index is 0.00115. The van der Waals surface area contributed by atoms with Gasteiger partial charge in [-0.15, -0.1) is 0 Å². The Balaban J connectivity index is 1.82. The van der Waals surface area contributed by atoms with Crippen LogP contribution in [0.2, 0.25) is 0 Å². The van der Waals surface area contributed by atoms with Crippen molar-refractivity contribution in [3.05, 3.63) is 88.5 Å². The van der Waals surface area contributed by atoms with Crippen LogP contribution in [0, 0.1) is 11.8 Å². The molecule has 0 fully saturated rings. The first-order valence-corrected chi connectivity index (χ1v) is 11.9. The van der Waals surface area contributed by atoms with Gasteiger partial charge in [-0.05, 0) is 94.0 Å². The summed E-state index contributed by atoms with van der Waals surface area (Å²) in [6.45, 7) is 9.13. The van der Waals surface area contributed by atoms with E-state index in [-0.39, 0.29) is 16.4 Å². The molecule has 0 radical (unpaired) electrons. The monoisotopic (exact) mass is 468 g/mol. The minimum atomic E-state index is -0.977. The summed E-state index contributed by atoms with van der Waals surface area (Å²) >= 11 is 0. The van der Waals surface area contributed by atoms with Crippen LogP contribution < -0.4 is 4.74 Å². The van der Waals surface area contributed by atoms with Crippen molar-refractivity contribution in [2.24, 2.45) is 0 Å². The molecule has 4 rings (SSSR count). The number of carbonyl (C=O) groups is 1. The Morgan fingerprint density at radius 1 is 0.943 bits per heavy atom. The number of aromatic carboxylic acids is 1. The molecule has 3 aromatic rings. The Morgan fingerprint density at radius 2 is 1.57 bits per heavy atom. The fourth-order valence-corrected chi connectivity index (χ4v) is 4.90. The summed E-state index contributed by atoms with van der Waals surface area (Å²) in [5.41, 5.74) is 6.38. The Hall–Kier alpha value is -3.55. The SMILES string of the molecule is COc1ccc(-c2cc(C(O)C#Cc3ccc(C(=O)O)cc3)cc3c2C(C)(C)CCC3(C)C)cc1. The van der Waals surface area contributed by atoms with E-state index in [0.29, 0.717) is 5.56 Å². The van der Waals surface area contributed by atoms with E-state index in [2.05, 4.69) is 63.8 Å². The van der Waals surface area contributed by atoms with E-state index in [0.717, 1.165) is 35.3 Å². The van der Waals surface area contributed by atoms with Crippen LogP contribution in [0.3, 0.4) is 0 Å². The normalized spacial score (nSPS) is 16.4. The molecule has 0 amide bonds. The van der Waals surface area contributed by atoms with E-state index in [1.807, 2.05) is 12.1 Å². The van der Waals surface area contributed by atoms with E-state index >= 15 is 0 Å². The van der Waals surface area contributed by atoms with Gasteiger partial charge in [0.2, 0.25) is 0 Å². The van der Waals surface area contributed by atoms with Gasteiger partial charge in [0.1, 0.15) is 11.9 Å². The first-order valence-electron chi connectivity index (χ1n) is 11.9. The Labute approximate surface area is 207 Å². The zero-order valence-corrected chi connectivity index (χ0v) is 21.0. The predicted octanol–water partition coefficient (Wildman–Crippen LogP) is 6.49. The molecule has 4 heteroatoms. The molecule has 0 heterocycles. The third-order valence-electron chi connectivity index (χ3n) is 7.14. The second-order valence-corrected chi connectivity index (χ2v) is 10.5. The third-order valence-corrected chi connectivity index (χ3v) is 7.14. The molecule has 3 aromatic carbocycles. The Morgan fingerprint density at radius 3 is 2.17 bits per heavy atom. The van der Waals surface area contributed by atoms with Crippen molar-refractivity contribution >= 4 is 5.97 Å². The van der Waals surface area contributed by atoms with Crippen LogP contribution in [0.1, 0.15) is 79.3 Å². The number of aliphatic hydroxyl groups is 1. The van der Waals surface area contributed by atoms with Crippen molar-refractivity contribution in [2.75, 3.05) is 7.11 Å². The van der Waals surface area contributed by atoms with Gasteiger partial charge in [0.05, 0.1) is 12.7 Å². The van der Waals surface area contributed by atoms with E-state index in [1.54, 1.807) is 19.2 Å². The van der Waals surface area contributed by atoms with Crippen LogP contribution in [0.25, 0.3) is 11.1 Å². The molecule has 1 aliphatic rings. The fraction of sp³-hybridized carbons (Fsp3) is 0.323. The van der Waals surface area contributed by atoms with Gasteiger partial charge in [0, 0.05) is 5.56 Å². The molecule has 1 atom stereocenters. The maximum atomic E-state index is 11.1. The number of hydrogen-bond acceptors (Lipinski definition) is 3. The summed E-state index contributed by atoms with van der Waals surface area (Å²) in [5, 5.41) is 20.2. The smallest absolute Gasteiger partial charge is 0.335 e. The molecule has 1 unspecified atom stereocenters. The predicted molar refractivity (Wildman–Crippen MR) is 139 cm³/mol. The van der Waals surface area contributed by atoms with Gasteiger partial charge >= 0.3 is 5.97 Å². The van der Waals surface area contributed by atoms with Gasteiger partial charge in [0.15, 0.2) is 0 Å². The lowest BCUT2D eigenvalue weighted by molar-refractivity contribution is 0.0697. The van der Waals surface area contributed by atoms with Gasteiger partial charge in [-0.3, -0.25) is 0 Å². The maximum Gasteiger partial charge on any atom is 0.335 e. The van der Waals surface area contributed by atoms with Crippen LogP contribution in [0.5, 0.6) is 5.75 Å². The number of carboxylic acid groups (broad SMARTS) is 1. The van der Waals surface area contributed by atoms with Crippen LogP contribution in [-0.2, 0) is 10.8 Å². The zero-order valence-electron chi connectivity index (χ0n) is 21.0. The number of hydrogen-bond donors (Lipinski definition) is 2. The molecule has 0 bridgehead atoms. The molecule has 35 heavy (non-hydrogen) atoms. The largest absolute Gasteiger partial charge is 0.497 e. The van der Waals surface area contributed by atoms with Crippen molar-refractivity contribution in [1.29, 1.82) is 0 Å². The van der Waals surface area contributed by atoms with E-state index in [9.17, 15) is 9.90 Å². The van der Waals surface area contributed by atoms with Crippen LogP contribution >= 0.6 is 0 Å². The zero-order chi connectivity index (χ0) is 25.4.